The lowest BCUT2D eigenvalue weighted by molar-refractivity contribution is -0.870. The summed E-state index contributed by atoms with van der Waals surface area (Å²) in [6, 6.07) is -0.918. The van der Waals surface area contributed by atoms with E-state index in [-0.39, 0.29) is 31.3 Å². The molecule has 0 aliphatic heterocycles. The van der Waals surface area contributed by atoms with E-state index in [2.05, 4.69) is 111 Å². The molecule has 0 aromatic heterocycles. The molecule has 0 bridgehead atoms. The summed E-state index contributed by atoms with van der Waals surface area (Å²) in [5.41, 5.74) is 0. The third kappa shape index (κ3) is 53.6. The number of carbonyl (C=O) groups excluding carboxylic acids is 2. The van der Waals surface area contributed by atoms with Crippen LogP contribution in [-0.4, -0.2) is 69.4 Å². The molecule has 3 atom stereocenters. The Balaban J connectivity index is 5.43. The van der Waals surface area contributed by atoms with Gasteiger partial charge in [-0.05, 0) is 109 Å². The van der Waals surface area contributed by atoms with E-state index in [1.807, 2.05) is 33.3 Å². The third-order valence-corrected chi connectivity index (χ3v) is 13.5. The third-order valence-electron chi connectivity index (χ3n) is 12.5. The fraction of sp³-hybridized carbons (Fsp3) is 0.714. The van der Waals surface area contributed by atoms with Crippen molar-refractivity contribution in [1.29, 1.82) is 0 Å². The van der Waals surface area contributed by atoms with Gasteiger partial charge in [0.2, 0.25) is 5.91 Å². The van der Waals surface area contributed by atoms with Gasteiger partial charge in [-0.2, -0.15) is 0 Å². The number of phosphoric ester groups is 1. The lowest BCUT2D eigenvalue weighted by atomic mass is 10.0. The van der Waals surface area contributed by atoms with Crippen molar-refractivity contribution in [3.8, 4) is 0 Å². The fourth-order valence-corrected chi connectivity index (χ4v) is 8.65. The molecule has 0 saturated heterocycles. The highest BCUT2D eigenvalue weighted by atomic mass is 31.2. The van der Waals surface area contributed by atoms with Crippen LogP contribution in [0, 0.1) is 0 Å². The van der Waals surface area contributed by atoms with E-state index >= 15 is 0 Å². The summed E-state index contributed by atoms with van der Waals surface area (Å²) in [4.78, 5) is 39.9. The van der Waals surface area contributed by atoms with Crippen LogP contribution in [0.2, 0.25) is 0 Å². The normalized spacial score (nSPS) is 14.5. The van der Waals surface area contributed by atoms with Gasteiger partial charge in [0, 0.05) is 12.8 Å². The maximum Gasteiger partial charge on any atom is 0.306 e. The van der Waals surface area contributed by atoms with E-state index in [4.69, 9.17) is 13.8 Å². The van der Waals surface area contributed by atoms with E-state index in [9.17, 15) is 19.0 Å². The molecule has 0 rings (SSSR count). The Hall–Kier alpha value is -3.07. The van der Waals surface area contributed by atoms with Crippen molar-refractivity contribution < 1.29 is 37.3 Å². The van der Waals surface area contributed by atoms with E-state index in [0.29, 0.717) is 23.9 Å². The minimum absolute atomic E-state index is 0.0363. The van der Waals surface area contributed by atoms with Gasteiger partial charge >= 0.3 is 5.97 Å². The van der Waals surface area contributed by atoms with Crippen LogP contribution in [0.3, 0.4) is 0 Å². The molecule has 420 valence electrons. The van der Waals surface area contributed by atoms with Gasteiger partial charge in [0.15, 0.2) is 0 Å². The highest BCUT2D eigenvalue weighted by Crippen LogP contribution is 2.38. The summed E-state index contributed by atoms with van der Waals surface area (Å²) >= 11 is 0. The van der Waals surface area contributed by atoms with Crippen molar-refractivity contribution in [2.24, 2.45) is 0 Å². The van der Waals surface area contributed by atoms with Gasteiger partial charge in [-0.25, -0.2) is 0 Å². The van der Waals surface area contributed by atoms with Gasteiger partial charge in [-0.15, -0.1) is 0 Å². The van der Waals surface area contributed by atoms with Gasteiger partial charge in [0.1, 0.15) is 19.3 Å². The average Bonchev–Trinajstić information content (AvgIpc) is 3.35. The smallest absolute Gasteiger partial charge is 0.306 e. The molecule has 0 saturated carbocycles. The minimum Gasteiger partial charge on any atom is -0.756 e. The Morgan fingerprint density at radius 3 is 1.34 bits per heavy atom. The number of unbranched alkanes of at least 4 members (excludes halogenated alkanes) is 22. The number of quaternary nitrogens is 1. The number of carbonyl (C=O) groups is 2. The zero-order valence-electron chi connectivity index (χ0n) is 47.8. The molecule has 3 unspecified atom stereocenters. The highest BCUT2D eigenvalue weighted by Gasteiger charge is 2.27. The van der Waals surface area contributed by atoms with Gasteiger partial charge in [0.05, 0.1) is 33.8 Å². The predicted octanol–water partition coefficient (Wildman–Crippen LogP) is 17.4. The average molecular weight is 1040 g/mol. The molecular weight excluding hydrogens is 928 g/mol. The summed E-state index contributed by atoms with van der Waals surface area (Å²) in [6.45, 7) is 6.67. The van der Waals surface area contributed by atoms with Crippen molar-refractivity contribution in [3.05, 3.63) is 97.2 Å². The van der Waals surface area contributed by atoms with Crippen LogP contribution in [-0.2, 0) is 27.9 Å². The first-order valence-corrected chi connectivity index (χ1v) is 31.0. The molecule has 1 N–H and O–H groups in total. The number of amides is 1. The first-order chi connectivity index (χ1) is 35.4. The van der Waals surface area contributed by atoms with Crippen molar-refractivity contribution in [2.75, 3.05) is 40.9 Å². The summed E-state index contributed by atoms with van der Waals surface area (Å²) in [7, 11) is 1.14. The van der Waals surface area contributed by atoms with Gasteiger partial charge in [-0.3, -0.25) is 14.2 Å². The number of nitrogens with one attached hydrogen (secondary N) is 1. The summed E-state index contributed by atoms with van der Waals surface area (Å²) in [5.74, 6) is -0.615. The molecule has 1 amide bonds. The number of phosphoric acid groups is 1. The lowest BCUT2D eigenvalue weighted by Crippen LogP contribution is -2.47. The van der Waals surface area contributed by atoms with Crippen molar-refractivity contribution in [1.82, 2.24) is 5.32 Å². The molecule has 0 spiro atoms. The van der Waals surface area contributed by atoms with E-state index in [0.717, 1.165) is 96.3 Å². The molecule has 0 radical (unpaired) electrons. The van der Waals surface area contributed by atoms with E-state index < -0.39 is 26.6 Å². The lowest BCUT2D eigenvalue weighted by Gasteiger charge is -2.30. The van der Waals surface area contributed by atoms with Crippen molar-refractivity contribution >= 4 is 19.7 Å². The second-order valence-electron chi connectivity index (χ2n) is 20.8. The molecule has 10 heteroatoms. The number of allylic oxidation sites excluding steroid dienone is 15. The summed E-state index contributed by atoms with van der Waals surface area (Å²) < 4.78 is 30.2. The predicted molar refractivity (Wildman–Crippen MR) is 311 cm³/mol. The van der Waals surface area contributed by atoms with Crippen LogP contribution in [0.1, 0.15) is 239 Å². The number of nitrogens with zero attached hydrogens (tertiary/aromatic N) is 1. The number of rotatable bonds is 52. The molecule has 0 aromatic carbocycles. The van der Waals surface area contributed by atoms with E-state index in [1.165, 1.54) is 96.3 Å². The van der Waals surface area contributed by atoms with Crippen molar-refractivity contribution in [3.63, 3.8) is 0 Å². The first-order valence-electron chi connectivity index (χ1n) is 29.5. The number of likely N-dealkylation sites (N-methyl/N-ethyl adjacent to an activating group) is 1. The molecule has 0 aliphatic rings. The molecule has 9 nitrogen and oxygen atoms in total. The Labute approximate surface area is 449 Å². The SMILES string of the molecule is CC/C=C\C/C=C\C/C=C\C/C=C\C/C=C\C/C=C\CCCCC(=O)OC(/C=C\CCCCCCCCCCCCC)C(COP(=O)([O-])OCC[N+](C)(C)C)NC(=O)CCCCC/C=C\CCCCCCCC. The molecule has 0 aliphatic carbocycles. The topological polar surface area (TPSA) is 114 Å². The van der Waals surface area contributed by atoms with Crippen LogP contribution in [0.4, 0.5) is 0 Å². The maximum atomic E-state index is 13.5. The quantitative estimate of drug-likeness (QED) is 0.0212. The van der Waals surface area contributed by atoms with Crippen molar-refractivity contribution in [2.45, 2.75) is 251 Å². The van der Waals surface area contributed by atoms with Gasteiger partial charge in [0.25, 0.3) is 7.82 Å². The second-order valence-corrected chi connectivity index (χ2v) is 22.2. The zero-order valence-corrected chi connectivity index (χ0v) is 48.7. The van der Waals surface area contributed by atoms with Crippen LogP contribution in [0.15, 0.2) is 97.2 Å². The van der Waals surface area contributed by atoms with E-state index in [1.54, 1.807) is 0 Å². The standard InChI is InChI=1S/C63H111N2O7P/c1-7-10-13-16-19-22-25-28-29-30-31-32-33-34-35-38-41-44-47-50-53-56-63(67)72-61(54-51-48-45-42-39-36-26-23-20-17-14-11-8-2)60(59-71-73(68,69)70-58-57-65(4,5)6)64-62(66)55-52-49-46-43-40-37-27-24-21-18-15-12-9-3/h10,13,19,22,28-29,31-32,34-35,37,40-41,44,51,54,60-61H,7-9,11-12,14-18,20-21,23-27,30,33,36,38-39,42-43,45-50,52-53,55-59H2,1-6H3,(H-,64,66,68,69)/b13-10-,22-19-,29-28-,32-31-,35-34-,40-37-,44-41-,54-51-. The fourth-order valence-electron chi connectivity index (χ4n) is 7.93. The number of esters is 1. The van der Waals surface area contributed by atoms with Gasteiger partial charge in [-0.1, -0.05) is 215 Å². The maximum absolute atomic E-state index is 13.5. The Kier molecular flexibility index (Phi) is 50.2. The van der Waals surface area contributed by atoms with Crippen LogP contribution < -0.4 is 10.2 Å². The number of hydrogen-bond acceptors (Lipinski definition) is 7. The largest absolute Gasteiger partial charge is 0.756 e. The summed E-state index contributed by atoms with van der Waals surface area (Å²) in [6.07, 6.45) is 69.5. The molecule has 0 heterocycles. The minimum atomic E-state index is -4.71. The highest BCUT2D eigenvalue weighted by molar-refractivity contribution is 7.45. The Morgan fingerprint density at radius 2 is 0.877 bits per heavy atom. The van der Waals surface area contributed by atoms with Crippen LogP contribution >= 0.6 is 7.82 Å². The van der Waals surface area contributed by atoms with Crippen LogP contribution in [0.25, 0.3) is 0 Å². The Morgan fingerprint density at radius 1 is 0.493 bits per heavy atom. The number of hydrogen-bond donors (Lipinski definition) is 1. The second kappa shape index (κ2) is 52.4. The monoisotopic (exact) mass is 1040 g/mol. The molecule has 73 heavy (non-hydrogen) atoms. The van der Waals surface area contributed by atoms with Crippen LogP contribution in [0.5, 0.6) is 0 Å². The Bertz CT molecular complexity index is 1570. The summed E-state index contributed by atoms with van der Waals surface area (Å²) in [5, 5.41) is 3.00. The molecular formula is C63H111N2O7P. The molecule has 0 fully saturated rings. The number of ether oxygens (including phenoxy) is 1. The molecule has 0 aromatic rings. The zero-order chi connectivity index (χ0) is 53.6. The first kappa shape index (κ1) is 69.9. The van der Waals surface area contributed by atoms with Gasteiger partial charge < -0.3 is 28.5 Å².